The molecule has 8 nitrogen and oxygen atoms in total. The molecule has 2 amide bonds. The van der Waals surface area contributed by atoms with E-state index in [9.17, 15) is 18.0 Å². The molecule has 0 aliphatic heterocycles. The van der Waals surface area contributed by atoms with Gasteiger partial charge in [-0.05, 0) is 48.0 Å². The monoisotopic (exact) mass is 478 g/mol. The molecule has 4 aromatic rings. The Morgan fingerprint density at radius 1 is 0.912 bits per heavy atom. The zero-order valence-corrected chi connectivity index (χ0v) is 19.0. The lowest BCUT2D eigenvalue weighted by atomic mass is 10.1. The van der Waals surface area contributed by atoms with Crippen molar-refractivity contribution in [3.63, 3.8) is 0 Å². The molecule has 0 saturated carbocycles. The van der Waals surface area contributed by atoms with Gasteiger partial charge in [0, 0.05) is 5.56 Å². The van der Waals surface area contributed by atoms with Gasteiger partial charge in [0.05, 0.1) is 16.9 Å². The normalized spacial score (nSPS) is 12.1. The van der Waals surface area contributed by atoms with Gasteiger partial charge in [0.15, 0.2) is 21.7 Å². The molecule has 34 heavy (non-hydrogen) atoms. The molecule has 0 aliphatic carbocycles. The Morgan fingerprint density at radius 3 is 2.38 bits per heavy atom. The fraction of sp³-hybridized carbons (Fsp3) is 0.120. The maximum atomic E-state index is 12.6. The van der Waals surface area contributed by atoms with Gasteiger partial charge in [-0.15, -0.1) is 0 Å². The van der Waals surface area contributed by atoms with E-state index in [0.717, 1.165) is 10.8 Å². The SMILES string of the molecule is CC(Oc1ccc2ccccc2c1)C(=O)NNC(=O)c1occc1CS(=O)(=O)c1ccccc1. The third-order valence-corrected chi connectivity index (χ3v) is 6.78. The zero-order valence-electron chi connectivity index (χ0n) is 18.2. The Balaban J connectivity index is 1.36. The zero-order chi connectivity index (χ0) is 24.1. The molecular formula is C25H22N2O6S. The van der Waals surface area contributed by atoms with E-state index in [1.54, 1.807) is 31.2 Å². The van der Waals surface area contributed by atoms with E-state index in [1.807, 2.05) is 36.4 Å². The summed E-state index contributed by atoms with van der Waals surface area (Å²) in [7, 11) is -3.68. The number of carbonyl (C=O) groups is 2. The highest BCUT2D eigenvalue weighted by Crippen LogP contribution is 2.22. The van der Waals surface area contributed by atoms with Crippen molar-refractivity contribution in [2.45, 2.75) is 23.7 Å². The number of hydrogen-bond acceptors (Lipinski definition) is 6. The lowest BCUT2D eigenvalue weighted by Gasteiger charge is -2.15. The van der Waals surface area contributed by atoms with Gasteiger partial charge in [0.1, 0.15) is 5.75 Å². The maximum Gasteiger partial charge on any atom is 0.305 e. The number of sulfone groups is 1. The first-order valence-corrected chi connectivity index (χ1v) is 12.1. The second kappa shape index (κ2) is 9.80. The van der Waals surface area contributed by atoms with E-state index in [2.05, 4.69) is 10.9 Å². The number of ether oxygens (including phenoxy) is 1. The Kier molecular flexibility index (Phi) is 6.65. The van der Waals surface area contributed by atoms with E-state index in [4.69, 9.17) is 9.15 Å². The number of fused-ring (bicyclic) bond motifs is 1. The highest BCUT2D eigenvalue weighted by Gasteiger charge is 2.23. The second-order valence-electron chi connectivity index (χ2n) is 7.56. The van der Waals surface area contributed by atoms with Crippen LogP contribution in [0.5, 0.6) is 5.75 Å². The molecule has 0 radical (unpaired) electrons. The number of hydrazine groups is 1. The van der Waals surface area contributed by atoms with Crippen molar-refractivity contribution in [2.75, 3.05) is 0 Å². The molecule has 0 aliphatic rings. The van der Waals surface area contributed by atoms with E-state index in [1.165, 1.54) is 24.5 Å². The minimum absolute atomic E-state index is 0.135. The minimum atomic E-state index is -3.68. The van der Waals surface area contributed by atoms with Crippen molar-refractivity contribution < 1.29 is 27.2 Å². The molecule has 174 valence electrons. The van der Waals surface area contributed by atoms with Crippen molar-refractivity contribution >= 4 is 32.4 Å². The standard InChI is InChI=1S/C25H22N2O6S/c1-17(33-21-12-11-18-7-5-6-8-19(18)15-21)24(28)26-27-25(29)23-20(13-14-32-23)16-34(30,31)22-9-3-2-4-10-22/h2-15,17H,16H2,1H3,(H,26,28)(H,27,29). The molecule has 4 rings (SSSR count). The van der Waals surface area contributed by atoms with Crippen LogP contribution in [0.25, 0.3) is 10.8 Å². The minimum Gasteiger partial charge on any atom is -0.481 e. The van der Waals surface area contributed by atoms with Gasteiger partial charge in [-0.1, -0.05) is 48.5 Å². The van der Waals surface area contributed by atoms with E-state index < -0.39 is 33.5 Å². The van der Waals surface area contributed by atoms with E-state index in [0.29, 0.717) is 5.75 Å². The molecule has 1 heterocycles. The number of amides is 2. The van der Waals surface area contributed by atoms with Gasteiger partial charge in [-0.25, -0.2) is 8.42 Å². The van der Waals surface area contributed by atoms with Crippen LogP contribution in [0.2, 0.25) is 0 Å². The van der Waals surface area contributed by atoms with Crippen LogP contribution in [0.1, 0.15) is 23.0 Å². The highest BCUT2D eigenvalue weighted by molar-refractivity contribution is 7.90. The first-order chi connectivity index (χ1) is 16.3. The average Bonchev–Trinajstić information content (AvgIpc) is 3.30. The predicted molar refractivity (Wildman–Crippen MR) is 126 cm³/mol. The summed E-state index contributed by atoms with van der Waals surface area (Å²) in [5, 5.41) is 2.01. The summed E-state index contributed by atoms with van der Waals surface area (Å²) < 4.78 is 36.1. The molecular weight excluding hydrogens is 456 g/mol. The Morgan fingerprint density at radius 2 is 1.62 bits per heavy atom. The lowest BCUT2D eigenvalue weighted by Crippen LogP contribution is -2.47. The van der Waals surface area contributed by atoms with Crippen molar-refractivity contribution in [1.29, 1.82) is 0 Å². The fourth-order valence-electron chi connectivity index (χ4n) is 3.34. The first kappa shape index (κ1) is 23.1. The van der Waals surface area contributed by atoms with Crippen molar-refractivity contribution in [1.82, 2.24) is 10.9 Å². The Labute approximate surface area is 196 Å². The number of nitrogens with one attached hydrogen (secondary N) is 2. The van der Waals surface area contributed by atoms with Crippen molar-refractivity contribution in [3.8, 4) is 5.75 Å². The molecule has 2 N–H and O–H groups in total. The Hall–Kier alpha value is -4.11. The molecule has 1 unspecified atom stereocenters. The number of rotatable bonds is 7. The van der Waals surface area contributed by atoms with Crippen molar-refractivity contribution in [3.05, 3.63) is 96.4 Å². The van der Waals surface area contributed by atoms with E-state index in [-0.39, 0.29) is 16.2 Å². The quantitative estimate of drug-likeness (QED) is 0.392. The molecule has 3 aromatic carbocycles. The summed E-state index contributed by atoms with van der Waals surface area (Å²) in [6, 6.07) is 22.5. The molecule has 1 atom stereocenters. The predicted octanol–water partition coefficient (Wildman–Crippen LogP) is 3.64. The molecule has 0 saturated heterocycles. The van der Waals surface area contributed by atoms with Gasteiger partial charge in [-0.3, -0.25) is 20.4 Å². The summed E-state index contributed by atoms with van der Waals surface area (Å²) in [4.78, 5) is 25.1. The van der Waals surface area contributed by atoms with Gasteiger partial charge in [0.25, 0.3) is 5.91 Å². The second-order valence-corrected chi connectivity index (χ2v) is 9.55. The van der Waals surface area contributed by atoms with Gasteiger partial charge in [0.2, 0.25) is 0 Å². The van der Waals surface area contributed by atoms with Crippen LogP contribution in [0.3, 0.4) is 0 Å². The van der Waals surface area contributed by atoms with Gasteiger partial charge >= 0.3 is 5.91 Å². The van der Waals surface area contributed by atoms with Crippen LogP contribution in [0.4, 0.5) is 0 Å². The molecule has 1 aromatic heterocycles. The smallest absolute Gasteiger partial charge is 0.305 e. The number of benzene rings is 3. The topological polar surface area (TPSA) is 115 Å². The lowest BCUT2D eigenvalue weighted by molar-refractivity contribution is -0.128. The van der Waals surface area contributed by atoms with E-state index >= 15 is 0 Å². The Bertz CT molecular complexity index is 1430. The van der Waals surface area contributed by atoms with Crippen LogP contribution in [0, 0.1) is 0 Å². The molecule has 0 bridgehead atoms. The fourth-order valence-corrected chi connectivity index (χ4v) is 4.71. The van der Waals surface area contributed by atoms with Crippen LogP contribution in [-0.2, 0) is 20.4 Å². The van der Waals surface area contributed by atoms with Gasteiger partial charge in [-0.2, -0.15) is 0 Å². The molecule has 0 spiro atoms. The van der Waals surface area contributed by atoms with Gasteiger partial charge < -0.3 is 9.15 Å². The summed E-state index contributed by atoms with van der Waals surface area (Å²) in [5.74, 6) is -1.50. The van der Waals surface area contributed by atoms with Crippen LogP contribution < -0.4 is 15.6 Å². The molecule has 0 fully saturated rings. The summed E-state index contributed by atoms with van der Waals surface area (Å²) in [6.45, 7) is 1.54. The largest absolute Gasteiger partial charge is 0.481 e. The van der Waals surface area contributed by atoms with Crippen molar-refractivity contribution in [2.24, 2.45) is 0 Å². The number of furan rings is 1. The number of carbonyl (C=O) groups excluding carboxylic acids is 2. The first-order valence-electron chi connectivity index (χ1n) is 10.4. The summed E-state index contributed by atoms with van der Waals surface area (Å²) in [5.41, 5.74) is 4.69. The number of hydrogen-bond donors (Lipinski definition) is 2. The van der Waals surface area contributed by atoms with Crippen LogP contribution in [-0.4, -0.2) is 26.3 Å². The average molecular weight is 479 g/mol. The highest BCUT2D eigenvalue weighted by atomic mass is 32.2. The summed E-state index contributed by atoms with van der Waals surface area (Å²) in [6.07, 6.45) is 0.314. The molecule has 9 heteroatoms. The third-order valence-electron chi connectivity index (χ3n) is 5.10. The third kappa shape index (κ3) is 5.26. The summed E-state index contributed by atoms with van der Waals surface area (Å²) >= 11 is 0. The van der Waals surface area contributed by atoms with Crippen LogP contribution >= 0.6 is 0 Å². The maximum absolute atomic E-state index is 12.6. The van der Waals surface area contributed by atoms with Crippen LogP contribution in [0.15, 0.2) is 94.4 Å².